The minimum absolute atomic E-state index is 0.0789. The fraction of sp³-hybridized carbons (Fsp3) is 0.550. The van der Waals surface area contributed by atoms with Crippen molar-refractivity contribution in [1.29, 1.82) is 0 Å². The van der Waals surface area contributed by atoms with E-state index < -0.39 is 12.1 Å². The lowest BCUT2D eigenvalue weighted by Gasteiger charge is -2.19. The van der Waals surface area contributed by atoms with Gasteiger partial charge in [-0.3, -0.25) is 9.59 Å². The van der Waals surface area contributed by atoms with Gasteiger partial charge in [0.1, 0.15) is 12.6 Å². The number of amides is 3. The Balaban J connectivity index is 1.83. The molecule has 0 radical (unpaired) electrons. The molecule has 1 aliphatic rings. The van der Waals surface area contributed by atoms with Crippen LogP contribution in [0.15, 0.2) is 30.3 Å². The van der Waals surface area contributed by atoms with Crippen molar-refractivity contribution in [3.63, 3.8) is 0 Å². The average molecular weight is 375 g/mol. The number of carbonyl (C=O) groups excluding carboxylic acids is 3. The van der Waals surface area contributed by atoms with Crippen molar-refractivity contribution in [2.45, 2.75) is 57.6 Å². The summed E-state index contributed by atoms with van der Waals surface area (Å²) in [6.07, 6.45) is 4.42. The van der Waals surface area contributed by atoms with Crippen LogP contribution in [0.1, 0.15) is 50.5 Å². The van der Waals surface area contributed by atoms with Crippen LogP contribution in [0.4, 0.5) is 4.79 Å². The van der Waals surface area contributed by atoms with Crippen LogP contribution >= 0.6 is 0 Å². The van der Waals surface area contributed by atoms with Crippen molar-refractivity contribution in [1.82, 2.24) is 16.0 Å². The summed E-state index contributed by atoms with van der Waals surface area (Å²) in [5.74, 6) is -0.108. The molecule has 27 heavy (non-hydrogen) atoms. The zero-order chi connectivity index (χ0) is 19.3. The molecule has 1 atom stereocenters. The molecular weight excluding hydrogens is 346 g/mol. The highest BCUT2D eigenvalue weighted by atomic mass is 16.5. The first-order valence-corrected chi connectivity index (χ1v) is 9.67. The lowest BCUT2D eigenvalue weighted by Crippen LogP contribution is -2.47. The van der Waals surface area contributed by atoms with Crippen molar-refractivity contribution in [2.75, 3.05) is 13.1 Å². The third kappa shape index (κ3) is 8.57. The van der Waals surface area contributed by atoms with E-state index >= 15 is 0 Å². The maximum atomic E-state index is 12.4. The van der Waals surface area contributed by atoms with Crippen LogP contribution in [-0.2, 0) is 20.9 Å². The van der Waals surface area contributed by atoms with Crippen molar-refractivity contribution in [3.05, 3.63) is 35.9 Å². The van der Waals surface area contributed by atoms with Gasteiger partial charge in [0.2, 0.25) is 11.8 Å². The molecule has 1 unspecified atom stereocenters. The van der Waals surface area contributed by atoms with E-state index in [-0.39, 0.29) is 18.4 Å². The number of hydrogen-bond donors (Lipinski definition) is 3. The SMILES string of the molecule is O=C1CCCCCNC(=O)C(NC(=O)OCc2ccccc2)CCCCN1. The van der Waals surface area contributed by atoms with Crippen molar-refractivity contribution in [3.8, 4) is 0 Å². The molecule has 1 aromatic carbocycles. The van der Waals surface area contributed by atoms with Gasteiger partial charge >= 0.3 is 6.09 Å². The van der Waals surface area contributed by atoms with Crippen molar-refractivity contribution < 1.29 is 19.1 Å². The number of alkyl carbamates (subject to hydrolysis) is 1. The molecular formula is C20H29N3O4. The molecule has 0 bridgehead atoms. The second kappa shape index (κ2) is 11.9. The summed E-state index contributed by atoms with van der Waals surface area (Å²) in [6.45, 7) is 1.29. The number of nitrogens with one attached hydrogen (secondary N) is 3. The first-order chi connectivity index (χ1) is 13.1. The number of carbonyl (C=O) groups is 3. The van der Waals surface area contributed by atoms with E-state index in [1.165, 1.54) is 0 Å². The molecule has 1 aliphatic heterocycles. The summed E-state index contributed by atoms with van der Waals surface area (Å²) in [7, 11) is 0. The molecule has 0 spiro atoms. The fourth-order valence-electron chi connectivity index (χ4n) is 2.89. The first-order valence-electron chi connectivity index (χ1n) is 9.67. The topological polar surface area (TPSA) is 96.5 Å². The van der Waals surface area contributed by atoms with Crippen LogP contribution < -0.4 is 16.0 Å². The van der Waals surface area contributed by atoms with E-state index in [0.717, 1.165) is 37.7 Å². The van der Waals surface area contributed by atoms with E-state index in [2.05, 4.69) is 16.0 Å². The molecule has 1 fully saturated rings. The molecule has 1 heterocycles. The second-order valence-corrected chi connectivity index (χ2v) is 6.71. The molecule has 0 aliphatic carbocycles. The van der Waals surface area contributed by atoms with Gasteiger partial charge in [-0.15, -0.1) is 0 Å². The summed E-state index contributed by atoms with van der Waals surface area (Å²) >= 11 is 0. The van der Waals surface area contributed by atoms with Gasteiger partial charge < -0.3 is 20.7 Å². The molecule has 148 valence electrons. The molecule has 1 saturated heterocycles. The van der Waals surface area contributed by atoms with Crippen LogP contribution in [-0.4, -0.2) is 37.0 Å². The monoisotopic (exact) mass is 375 g/mol. The van der Waals surface area contributed by atoms with Crippen LogP contribution in [0, 0.1) is 0 Å². The lowest BCUT2D eigenvalue weighted by atomic mass is 10.1. The zero-order valence-electron chi connectivity index (χ0n) is 15.7. The summed E-state index contributed by atoms with van der Waals surface area (Å²) in [5, 5.41) is 8.42. The largest absolute Gasteiger partial charge is 0.445 e. The van der Waals surface area contributed by atoms with Crippen molar-refractivity contribution >= 4 is 17.9 Å². The molecule has 7 nitrogen and oxygen atoms in total. The summed E-state index contributed by atoms with van der Waals surface area (Å²) in [5.41, 5.74) is 0.888. The standard InChI is InChI=1S/C20H29N3O4/c24-18-12-5-2-7-14-22-19(25)17(11-6-8-13-21-18)23-20(26)27-15-16-9-3-1-4-10-16/h1,3-4,9-10,17H,2,5-8,11-15H2,(H,21,24)(H,22,25)(H,23,26). The van der Waals surface area contributed by atoms with Gasteiger partial charge in [0, 0.05) is 19.5 Å². The van der Waals surface area contributed by atoms with Crippen molar-refractivity contribution in [2.24, 2.45) is 0 Å². The fourth-order valence-corrected chi connectivity index (χ4v) is 2.89. The van der Waals surface area contributed by atoms with Gasteiger partial charge in [0.05, 0.1) is 0 Å². The van der Waals surface area contributed by atoms with Gasteiger partial charge in [0.15, 0.2) is 0 Å². The molecule has 3 N–H and O–H groups in total. The van der Waals surface area contributed by atoms with E-state index in [0.29, 0.717) is 25.9 Å². The highest BCUT2D eigenvalue weighted by Crippen LogP contribution is 2.06. The Morgan fingerprint density at radius 1 is 1.00 bits per heavy atom. The first kappa shape index (κ1) is 20.7. The van der Waals surface area contributed by atoms with Gasteiger partial charge in [-0.25, -0.2) is 4.79 Å². The number of benzene rings is 1. The Labute approximate surface area is 160 Å². The highest BCUT2D eigenvalue weighted by molar-refractivity contribution is 5.85. The van der Waals surface area contributed by atoms with Gasteiger partial charge in [-0.2, -0.15) is 0 Å². The average Bonchev–Trinajstić information content (AvgIpc) is 2.68. The Hall–Kier alpha value is -2.57. The Kier molecular flexibility index (Phi) is 9.17. The molecule has 1 aromatic rings. The predicted octanol–water partition coefficient (Wildman–Crippen LogP) is 2.26. The van der Waals surface area contributed by atoms with Crippen LogP contribution in [0.2, 0.25) is 0 Å². The third-order valence-electron chi connectivity index (χ3n) is 4.44. The lowest BCUT2D eigenvalue weighted by molar-refractivity contribution is -0.123. The predicted molar refractivity (Wildman–Crippen MR) is 102 cm³/mol. The maximum Gasteiger partial charge on any atom is 0.408 e. The van der Waals surface area contributed by atoms with Gasteiger partial charge in [-0.1, -0.05) is 36.8 Å². The van der Waals surface area contributed by atoms with E-state index in [4.69, 9.17) is 4.74 Å². The number of ether oxygens (including phenoxy) is 1. The zero-order valence-corrected chi connectivity index (χ0v) is 15.7. The summed E-state index contributed by atoms with van der Waals surface area (Å²) in [4.78, 5) is 36.1. The van der Waals surface area contributed by atoms with Gasteiger partial charge in [0.25, 0.3) is 0 Å². The third-order valence-corrected chi connectivity index (χ3v) is 4.44. The Morgan fingerprint density at radius 3 is 2.56 bits per heavy atom. The van der Waals surface area contributed by atoms with E-state index in [1.807, 2.05) is 30.3 Å². The number of rotatable bonds is 3. The quantitative estimate of drug-likeness (QED) is 0.755. The van der Waals surface area contributed by atoms with E-state index in [1.54, 1.807) is 0 Å². The summed E-state index contributed by atoms with van der Waals surface area (Å²) in [6, 6.07) is 8.75. The maximum absolute atomic E-state index is 12.4. The Bertz CT molecular complexity index is 607. The van der Waals surface area contributed by atoms with Crippen LogP contribution in [0.25, 0.3) is 0 Å². The highest BCUT2D eigenvalue weighted by Gasteiger charge is 2.21. The number of hydrogen-bond acceptors (Lipinski definition) is 4. The molecule has 0 saturated carbocycles. The Morgan fingerprint density at radius 2 is 1.74 bits per heavy atom. The molecule has 7 heteroatoms. The van der Waals surface area contributed by atoms with E-state index in [9.17, 15) is 14.4 Å². The smallest absolute Gasteiger partial charge is 0.408 e. The van der Waals surface area contributed by atoms with Crippen LogP contribution in [0.3, 0.4) is 0 Å². The van der Waals surface area contributed by atoms with Gasteiger partial charge in [-0.05, 0) is 37.7 Å². The molecule has 2 rings (SSSR count). The minimum atomic E-state index is -0.632. The normalized spacial score (nSPS) is 19.9. The summed E-state index contributed by atoms with van der Waals surface area (Å²) < 4.78 is 5.22. The molecule has 0 aromatic heterocycles. The molecule has 3 amide bonds. The van der Waals surface area contributed by atoms with Crippen LogP contribution in [0.5, 0.6) is 0 Å². The second-order valence-electron chi connectivity index (χ2n) is 6.71. The minimum Gasteiger partial charge on any atom is -0.445 e.